The van der Waals surface area contributed by atoms with E-state index >= 15 is 0 Å². The minimum Gasteiger partial charge on any atom is -0.452 e. The van der Waals surface area contributed by atoms with Gasteiger partial charge in [-0.2, -0.15) is 4.31 Å². The van der Waals surface area contributed by atoms with Gasteiger partial charge in [0.1, 0.15) is 0 Å². The average molecular weight is 488 g/mol. The van der Waals surface area contributed by atoms with Gasteiger partial charge in [-0.25, -0.2) is 13.2 Å². The molecule has 1 aliphatic heterocycles. The number of piperidine rings is 1. The number of amides is 2. The first-order valence-electron chi connectivity index (χ1n) is 11.0. The number of nitrogens with one attached hydrogen (secondary N) is 2. The lowest BCUT2D eigenvalue weighted by Gasteiger charge is -2.34. The summed E-state index contributed by atoms with van der Waals surface area (Å²) in [5.41, 5.74) is 1.21. The van der Waals surface area contributed by atoms with Crippen LogP contribution in [0.4, 0.5) is 11.4 Å². The van der Waals surface area contributed by atoms with Gasteiger partial charge in [-0.15, -0.1) is 0 Å². The van der Waals surface area contributed by atoms with Gasteiger partial charge in [0, 0.05) is 31.4 Å². The van der Waals surface area contributed by atoms with Crippen molar-refractivity contribution in [2.24, 2.45) is 11.8 Å². The van der Waals surface area contributed by atoms with Gasteiger partial charge < -0.3 is 15.4 Å². The number of anilines is 2. The van der Waals surface area contributed by atoms with E-state index in [2.05, 4.69) is 10.6 Å². The molecule has 0 saturated carbocycles. The van der Waals surface area contributed by atoms with E-state index in [1.807, 2.05) is 13.8 Å². The van der Waals surface area contributed by atoms with Crippen LogP contribution in [0.3, 0.4) is 0 Å². The summed E-state index contributed by atoms with van der Waals surface area (Å²) in [6.45, 7) is 5.91. The van der Waals surface area contributed by atoms with Crippen molar-refractivity contribution < 1.29 is 27.5 Å². The molecule has 1 aliphatic rings. The number of carbonyl (C=O) groups is 3. The third-order valence-electron chi connectivity index (χ3n) is 5.39. The van der Waals surface area contributed by atoms with Crippen LogP contribution in [0.5, 0.6) is 0 Å². The summed E-state index contributed by atoms with van der Waals surface area (Å²) in [5.74, 6) is -0.901. The highest BCUT2D eigenvalue weighted by molar-refractivity contribution is 7.89. The van der Waals surface area contributed by atoms with Crippen LogP contribution in [0.1, 0.15) is 37.6 Å². The molecule has 2 atom stereocenters. The number of hydrogen-bond acceptors (Lipinski definition) is 6. The molecule has 2 unspecified atom stereocenters. The molecule has 1 heterocycles. The highest BCUT2D eigenvalue weighted by atomic mass is 32.2. The number of esters is 1. The van der Waals surface area contributed by atoms with Crippen LogP contribution >= 0.6 is 0 Å². The Morgan fingerprint density at radius 2 is 1.44 bits per heavy atom. The van der Waals surface area contributed by atoms with E-state index in [0.29, 0.717) is 24.5 Å². The summed E-state index contributed by atoms with van der Waals surface area (Å²) >= 11 is 0. The first-order chi connectivity index (χ1) is 16.0. The van der Waals surface area contributed by atoms with Crippen molar-refractivity contribution in [3.05, 3.63) is 54.1 Å². The van der Waals surface area contributed by atoms with Crippen LogP contribution in [0.2, 0.25) is 0 Å². The fourth-order valence-electron chi connectivity index (χ4n) is 3.97. The zero-order valence-corrected chi connectivity index (χ0v) is 20.2. The molecule has 182 valence electrons. The van der Waals surface area contributed by atoms with Gasteiger partial charge in [0.15, 0.2) is 6.61 Å². The van der Waals surface area contributed by atoms with Crippen LogP contribution in [0.15, 0.2) is 53.4 Å². The van der Waals surface area contributed by atoms with E-state index in [4.69, 9.17) is 4.74 Å². The van der Waals surface area contributed by atoms with Crippen LogP contribution in [0, 0.1) is 11.8 Å². The van der Waals surface area contributed by atoms with Crippen molar-refractivity contribution in [2.75, 3.05) is 30.3 Å². The maximum atomic E-state index is 13.0. The highest BCUT2D eigenvalue weighted by Crippen LogP contribution is 2.26. The highest BCUT2D eigenvalue weighted by Gasteiger charge is 2.31. The Morgan fingerprint density at radius 1 is 0.912 bits per heavy atom. The second kappa shape index (κ2) is 10.8. The van der Waals surface area contributed by atoms with E-state index in [0.717, 1.165) is 6.42 Å². The zero-order valence-electron chi connectivity index (χ0n) is 19.4. The van der Waals surface area contributed by atoms with Crippen molar-refractivity contribution in [2.45, 2.75) is 32.1 Å². The van der Waals surface area contributed by atoms with E-state index in [9.17, 15) is 22.8 Å². The Morgan fingerprint density at radius 3 is 1.97 bits per heavy atom. The molecule has 1 fully saturated rings. The summed E-state index contributed by atoms with van der Waals surface area (Å²) in [5, 5.41) is 5.21. The second-order valence-electron chi connectivity index (χ2n) is 8.68. The summed E-state index contributed by atoms with van der Waals surface area (Å²) in [6, 6.07) is 12.0. The summed E-state index contributed by atoms with van der Waals surface area (Å²) in [6.07, 6.45) is 0.993. The van der Waals surface area contributed by atoms with Gasteiger partial charge in [0.05, 0.1) is 10.5 Å². The minimum atomic E-state index is -3.65. The maximum Gasteiger partial charge on any atom is 0.338 e. The van der Waals surface area contributed by atoms with E-state index in [1.165, 1.54) is 35.5 Å². The number of sulfonamides is 1. The molecule has 0 radical (unpaired) electrons. The molecule has 0 aliphatic carbocycles. The minimum absolute atomic E-state index is 0.116. The molecular weight excluding hydrogens is 458 g/mol. The van der Waals surface area contributed by atoms with Gasteiger partial charge >= 0.3 is 5.97 Å². The number of benzene rings is 2. The molecule has 0 bridgehead atoms. The SMILES string of the molecule is CC(=O)Nc1ccc(NC(=O)COC(=O)c2ccc(S(=O)(=O)N3CC(C)CC(C)C3)cc2)cc1. The molecule has 9 nitrogen and oxygen atoms in total. The van der Waals surface area contributed by atoms with E-state index < -0.39 is 28.5 Å². The predicted molar refractivity (Wildman–Crippen MR) is 128 cm³/mol. The Labute approximate surface area is 199 Å². The van der Waals surface area contributed by atoms with Gasteiger partial charge in [-0.3, -0.25) is 9.59 Å². The molecule has 2 amide bonds. The summed E-state index contributed by atoms with van der Waals surface area (Å²) in [4.78, 5) is 35.5. The standard InChI is InChI=1S/C24H29N3O6S/c1-16-12-17(2)14-27(13-16)34(31,32)22-10-4-19(5-11-22)24(30)33-15-23(29)26-21-8-6-20(7-9-21)25-18(3)28/h4-11,16-17H,12-15H2,1-3H3,(H,25,28)(H,26,29). The number of ether oxygens (including phenoxy) is 1. The summed E-state index contributed by atoms with van der Waals surface area (Å²) < 4.78 is 32.4. The number of rotatable bonds is 7. The first-order valence-corrected chi connectivity index (χ1v) is 12.4. The Kier molecular flexibility index (Phi) is 8.06. The topological polar surface area (TPSA) is 122 Å². The molecule has 10 heteroatoms. The van der Waals surface area contributed by atoms with Crippen molar-refractivity contribution in [3.63, 3.8) is 0 Å². The number of carbonyl (C=O) groups excluding carboxylic acids is 3. The quantitative estimate of drug-likeness (QED) is 0.579. The van der Waals surface area contributed by atoms with Crippen molar-refractivity contribution in [1.82, 2.24) is 4.31 Å². The van der Waals surface area contributed by atoms with Gasteiger partial charge in [0.2, 0.25) is 15.9 Å². The monoisotopic (exact) mass is 487 g/mol. The van der Waals surface area contributed by atoms with Gasteiger partial charge in [-0.1, -0.05) is 13.8 Å². The molecule has 34 heavy (non-hydrogen) atoms. The van der Waals surface area contributed by atoms with Crippen LogP contribution in [-0.4, -0.2) is 50.2 Å². The Hall–Kier alpha value is -3.24. The lowest BCUT2D eigenvalue weighted by Crippen LogP contribution is -2.42. The molecule has 2 N–H and O–H groups in total. The Bertz CT molecular complexity index is 1140. The first kappa shape index (κ1) is 25.4. The van der Waals surface area contributed by atoms with E-state index in [1.54, 1.807) is 24.3 Å². The lowest BCUT2D eigenvalue weighted by atomic mass is 9.94. The average Bonchev–Trinajstić information content (AvgIpc) is 2.78. The lowest BCUT2D eigenvalue weighted by molar-refractivity contribution is -0.119. The van der Waals surface area contributed by atoms with Crippen LogP contribution in [-0.2, 0) is 24.3 Å². The fourth-order valence-corrected chi connectivity index (χ4v) is 5.65. The van der Waals surface area contributed by atoms with Crippen LogP contribution in [0.25, 0.3) is 0 Å². The molecule has 0 aromatic heterocycles. The Balaban J connectivity index is 1.54. The molecule has 2 aromatic rings. The smallest absolute Gasteiger partial charge is 0.338 e. The van der Waals surface area contributed by atoms with Gasteiger partial charge in [-0.05, 0) is 66.8 Å². The fraction of sp³-hybridized carbons (Fsp3) is 0.375. The zero-order chi connectivity index (χ0) is 24.9. The van der Waals surface area contributed by atoms with Gasteiger partial charge in [0.25, 0.3) is 5.91 Å². The summed E-state index contributed by atoms with van der Waals surface area (Å²) in [7, 11) is -3.65. The predicted octanol–water partition coefficient (Wildman–Crippen LogP) is 3.11. The molecule has 3 rings (SSSR count). The van der Waals surface area contributed by atoms with Crippen LogP contribution < -0.4 is 10.6 Å². The van der Waals surface area contributed by atoms with Crippen molar-refractivity contribution in [3.8, 4) is 0 Å². The van der Waals surface area contributed by atoms with Crippen molar-refractivity contribution >= 4 is 39.2 Å². The molecule has 1 saturated heterocycles. The maximum absolute atomic E-state index is 13.0. The van der Waals surface area contributed by atoms with E-state index in [-0.39, 0.29) is 28.2 Å². The normalized spacial score (nSPS) is 18.7. The third kappa shape index (κ3) is 6.64. The molecular formula is C24H29N3O6S. The largest absolute Gasteiger partial charge is 0.452 e. The number of hydrogen-bond donors (Lipinski definition) is 2. The molecule has 2 aromatic carbocycles. The molecule has 0 spiro atoms. The van der Waals surface area contributed by atoms with Crippen molar-refractivity contribution in [1.29, 1.82) is 0 Å². The number of nitrogens with zero attached hydrogens (tertiary/aromatic N) is 1. The third-order valence-corrected chi connectivity index (χ3v) is 7.23. The second-order valence-corrected chi connectivity index (χ2v) is 10.6.